The van der Waals surface area contributed by atoms with Crippen LogP contribution >= 0.6 is 63.7 Å². The average molecular weight is 1810 g/mol. The summed E-state index contributed by atoms with van der Waals surface area (Å²) in [6, 6.07) is 39.4. The number of aromatic nitrogens is 5. The number of pyridine rings is 5. The summed E-state index contributed by atoms with van der Waals surface area (Å²) in [5.41, 5.74) is 5.93. The monoisotopic (exact) mass is 1800 g/mol. The van der Waals surface area contributed by atoms with Gasteiger partial charge in [0.2, 0.25) is 29.5 Å². The largest absolute Gasteiger partial charge is 1.00 e. The van der Waals surface area contributed by atoms with E-state index in [-0.39, 0.29) is 119 Å². The third kappa shape index (κ3) is 30.2. The summed E-state index contributed by atoms with van der Waals surface area (Å²) in [7, 11) is -0.433. The van der Waals surface area contributed by atoms with E-state index in [0.717, 1.165) is 69.7 Å². The normalized spacial score (nSPS) is 14.2. The van der Waals surface area contributed by atoms with Crippen LogP contribution in [-0.4, -0.2) is 142 Å². The molecule has 0 saturated carbocycles. The van der Waals surface area contributed by atoms with E-state index in [4.69, 9.17) is 47.9 Å². The van der Waals surface area contributed by atoms with Gasteiger partial charge in [0.1, 0.15) is 22.5 Å². The predicted molar refractivity (Wildman–Crippen MR) is 439 cm³/mol. The summed E-state index contributed by atoms with van der Waals surface area (Å²) in [6.07, 6.45) is 9.42. The molecule has 3 fully saturated rings. The first-order valence-corrected chi connectivity index (χ1v) is 38.7. The van der Waals surface area contributed by atoms with Crippen LogP contribution in [0.3, 0.4) is 0 Å². The minimum atomic E-state index is -0.695. The number of aliphatic hydroxyl groups is 3. The van der Waals surface area contributed by atoms with Gasteiger partial charge in [-0.25, -0.2) is 33.7 Å². The summed E-state index contributed by atoms with van der Waals surface area (Å²) in [6.45, 7) is 28.2. The Hall–Kier alpha value is -6.60. The van der Waals surface area contributed by atoms with Crippen LogP contribution in [0.5, 0.6) is 23.5 Å². The van der Waals surface area contributed by atoms with Crippen molar-refractivity contribution in [2.24, 2.45) is 0 Å². The molecule has 3 radical (unpaired) electrons. The second-order valence-electron chi connectivity index (χ2n) is 28.0. The third-order valence-electron chi connectivity index (χ3n) is 16.8. The van der Waals surface area contributed by atoms with Gasteiger partial charge in [0.25, 0.3) is 0 Å². The summed E-state index contributed by atoms with van der Waals surface area (Å²) in [4.78, 5) is 56.6. The minimum absolute atomic E-state index is 0. The molecule has 3 aliphatic heterocycles. The van der Waals surface area contributed by atoms with E-state index >= 15 is 0 Å². The number of aliphatic hydroxyl groups excluding tert-OH is 3. The van der Waals surface area contributed by atoms with Gasteiger partial charge in [-0.3, -0.25) is 14.4 Å². The number of halogens is 7. The van der Waals surface area contributed by atoms with E-state index in [2.05, 4.69) is 88.6 Å². The van der Waals surface area contributed by atoms with Gasteiger partial charge < -0.3 is 54.5 Å². The van der Waals surface area contributed by atoms with Crippen molar-refractivity contribution in [3.05, 3.63) is 245 Å². The Kier molecular flexibility index (Phi) is 40.9. The second-order valence-corrected chi connectivity index (χ2v) is 31.6. The Morgan fingerprint density at radius 3 is 1.25 bits per heavy atom. The van der Waals surface area contributed by atoms with Crippen molar-refractivity contribution in [1.82, 2.24) is 24.9 Å². The van der Waals surface area contributed by atoms with Gasteiger partial charge in [0.05, 0.1) is 75.3 Å². The van der Waals surface area contributed by atoms with Crippen LogP contribution in [0.15, 0.2) is 188 Å². The number of carbonyl (C=O) groups is 3. The quantitative estimate of drug-likeness (QED) is 0.0343. The van der Waals surface area contributed by atoms with E-state index in [1.165, 1.54) is 36.5 Å². The first kappa shape index (κ1) is 97.8. The zero-order valence-corrected chi connectivity index (χ0v) is 74.0. The molecule has 112 heavy (non-hydrogen) atoms. The smallest absolute Gasteiger partial charge is 1.00 e. The minimum Gasteiger partial charge on any atom is -1.00 e. The molecule has 3 saturated heterocycles. The molecule has 12 rings (SSSR count). The molecule has 19 nitrogen and oxygen atoms in total. The number of benzene rings is 4. The topological polar surface area (TPSA) is 250 Å². The standard InChI is InChI=1S/C26H26FNO4.C23H26BFO4.C9H12BrNO2.C9H10BrNO2.C8H10BrNO.C5H3BrFN.C3H8O.B.Na.H/c1-17(2)32-25-12-20(14-29)23(13-28-25)19-5-7-21(8-6-19)26(15-31-16-26)24(30)11-18-3-9-22(27)10-4-18;1-21(2)22(3,4)29-24(28-21)18-9-7-17(8-10-18)23(14-27-15-23)20(26)13-16-5-11-19(25)12-6-16;2*1-6(2)13-9-3-7(5-12)8(10)4-11-9;1-6(2)11-8-4-3-7(9)5-10-8;6-4-1-2-5(7)8-3-4;1-3(2)4;;;/h3-10,12-13,17,29H,11,14-16H2,1-2H3;5-12H,13-15H2,1-4H3;3-4,6,12H,5H2,1-2H3;3-6H,1-2H3;3-6H,1-2H3;1-3H;3-4H,1-2H3;;;/q;;;;;;;;+1;-1. The van der Waals surface area contributed by atoms with E-state index < -0.39 is 35.1 Å². The SMILES string of the molecule is CC(C)O.CC(C)Oc1cc(C=O)c(Br)cn1.CC(C)Oc1cc(CO)c(-c2ccc(C3(C(=O)Cc4ccc(F)cc4)COC3)cc2)cn1.CC(C)Oc1cc(CO)c(Br)cn1.CC(C)Oc1ccc(Br)cn1.CC1(C)OB(c2ccc(C3(C(=O)Cc4ccc(F)cc4)COC3)cc2)OC1(C)C.Fc1ccc(Br)cn1.[B].[H-].[Na+]. The number of carbonyl (C=O) groups excluding carboxylic acids is 3. The van der Waals surface area contributed by atoms with E-state index in [1.807, 2.05) is 144 Å². The Morgan fingerprint density at radius 1 is 0.509 bits per heavy atom. The first-order valence-electron chi connectivity index (χ1n) is 35.5. The Morgan fingerprint density at radius 2 is 0.884 bits per heavy atom. The van der Waals surface area contributed by atoms with Gasteiger partial charge >= 0.3 is 36.7 Å². The van der Waals surface area contributed by atoms with Crippen LogP contribution < -0.4 is 54.0 Å². The van der Waals surface area contributed by atoms with Crippen LogP contribution in [0.2, 0.25) is 0 Å². The van der Waals surface area contributed by atoms with Gasteiger partial charge in [-0.2, -0.15) is 4.39 Å². The molecule has 593 valence electrons. The molecule has 9 aromatic rings. The molecule has 3 aliphatic rings. The first-order chi connectivity index (χ1) is 52.0. The number of aldehydes is 1. The third-order valence-corrected chi connectivity index (χ3v) is 19.1. The van der Waals surface area contributed by atoms with Crippen molar-refractivity contribution in [3.8, 4) is 34.6 Å². The molecule has 3 N–H and O–H groups in total. The fourth-order valence-electron chi connectivity index (χ4n) is 10.3. The molecule has 0 spiro atoms. The van der Waals surface area contributed by atoms with Gasteiger partial charge in [0.15, 0.2) is 17.9 Å². The molecule has 0 atom stereocenters. The number of hydrogen-bond acceptors (Lipinski definition) is 19. The van der Waals surface area contributed by atoms with Crippen molar-refractivity contribution in [2.75, 3.05) is 26.4 Å². The zero-order valence-electron chi connectivity index (χ0n) is 66.7. The molecule has 29 heteroatoms. The molecular formula is C83H96B2Br4F3N5NaO14. The Labute approximate surface area is 714 Å². The van der Waals surface area contributed by atoms with Crippen molar-refractivity contribution >= 4 is 103 Å². The number of nitrogens with zero attached hydrogens (tertiary/aromatic N) is 5. The number of Topliss-reactive ketones (excluding diaryl/α,β-unsaturated/α-hetero) is 2. The maximum atomic E-state index is 13.2. The number of hydrogen-bond donors (Lipinski definition) is 3. The maximum Gasteiger partial charge on any atom is 1.00 e. The number of rotatable bonds is 21. The molecule has 0 bridgehead atoms. The van der Waals surface area contributed by atoms with E-state index in [9.17, 15) is 32.7 Å². The molecule has 0 aliphatic carbocycles. The van der Waals surface area contributed by atoms with Gasteiger partial charge in [-0.05, 0) is 248 Å². The van der Waals surface area contributed by atoms with Crippen LogP contribution in [0, 0.1) is 17.6 Å². The predicted octanol–water partition coefficient (Wildman–Crippen LogP) is 13.8. The van der Waals surface area contributed by atoms with Crippen molar-refractivity contribution < 1.29 is 112 Å². The fraction of sp³-hybridized carbons (Fsp3) is 0.373. The summed E-state index contributed by atoms with van der Waals surface area (Å²) >= 11 is 12.9. The zero-order chi connectivity index (χ0) is 81.1. The van der Waals surface area contributed by atoms with Crippen molar-refractivity contribution in [1.29, 1.82) is 0 Å². The fourth-order valence-corrected chi connectivity index (χ4v) is 11.5. The second kappa shape index (κ2) is 46.8. The van der Waals surface area contributed by atoms with Gasteiger partial charge in [0, 0.05) is 112 Å². The molecule has 8 heterocycles. The molecule has 0 unspecified atom stereocenters. The van der Waals surface area contributed by atoms with Crippen LogP contribution in [-0.2, 0) is 65.3 Å². The molecular weight excluding hydrogens is 1710 g/mol. The maximum absolute atomic E-state index is 13.2. The van der Waals surface area contributed by atoms with Crippen LogP contribution in [0.25, 0.3) is 11.1 Å². The van der Waals surface area contributed by atoms with Crippen LogP contribution in [0.4, 0.5) is 13.2 Å². The Bertz CT molecular complexity index is 4340. The van der Waals surface area contributed by atoms with Gasteiger partial charge in [-0.1, -0.05) is 72.8 Å². The summed E-state index contributed by atoms with van der Waals surface area (Å²) in [5.74, 6) is 1.22. The molecule has 0 amide bonds. The van der Waals surface area contributed by atoms with E-state index in [1.54, 1.807) is 87.2 Å². The van der Waals surface area contributed by atoms with Crippen LogP contribution in [0.1, 0.15) is 142 Å². The van der Waals surface area contributed by atoms with Gasteiger partial charge in [-0.15, -0.1) is 0 Å². The van der Waals surface area contributed by atoms with E-state index in [0.29, 0.717) is 60.0 Å². The molecule has 4 aromatic carbocycles. The Balaban J connectivity index is 0.000000369. The number of ketones is 2. The molecule has 5 aromatic heterocycles. The number of ether oxygens (including phenoxy) is 6. The summed E-state index contributed by atoms with van der Waals surface area (Å²) in [5, 5.41) is 26.9. The van der Waals surface area contributed by atoms with Crippen molar-refractivity contribution in [3.63, 3.8) is 0 Å². The average Bonchev–Trinajstić information content (AvgIpc) is 1.71. The van der Waals surface area contributed by atoms with Crippen molar-refractivity contribution in [2.45, 2.75) is 176 Å². The summed E-state index contributed by atoms with van der Waals surface area (Å²) < 4.78 is 86.2.